The molecule has 5 aliphatic carbocycles. The molecule has 5 fully saturated rings. The van der Waals surface area contributed by atoms with Crippen molar-refractivity contribution in [1.29, 1.82) is 0 Å². The Bertz CT molecular complexity index is 3190. The molecule has 7 aliphatic rings. The molecule has 0 unspecified atom stereocenters. The topological polar surface area (TPSA) is 28.1 Å². The van der Waals surface area contributed by atoms with Gasteiger partial charge in [-0.2, -0.15) is 127 Å². The van der Waals surface area contributed by atoms with Gasteiger partial charge in [-0.3, -0.25) is 0 Å². The maximum Gasteiger partial charge on any atom is 0.416 e. The smallest absolute Gasteiger partial charge is 0.416 e. The van der Waals surface area contributed by atoms with Crippen molar-refractivity contribution in [3.8, 4) is 0 Å². The summed E-state index contributed by atoms with van der Waals surface area (Å²) in [5.74, 6) is 6.41. The summed E-state index contributed by atoms with van der Waals surface area (Å²) in [5, 5.41) is 0. The van der Waals surface area contributed by atoms with Crippen LogP contribution in [0, 0.1) is 61.9 Å². The van der Waals surface area contributed by atoms with Crippen molar-refractivity contribution >= 4 is 39.6 Å². The number of ether oxygens (including phenoxy) is 1. The molecule has 30 heteroatoms. The Kier molecular flexibility index (Phi) is 23.9. The molecule has 7 radical (unpaired) electrons. The van der Waals surface area contributed by atoms with Gasteiger partial charge in [-0.15, -0.1) is 0 Å². The molecule has 2 aliphatic heterocycles. The molecule has 0 N–H and O–H groups in total. The van der Waals surface area contributed by atoms with Gasteiger partial charge in [-0.05, 0) is 161 Å². The number of nitrogens with zero attached hydrogens (tertiary/aromatic N) is 3. The van der Waals surface area contributed by atoms with Crippen LogP contribution in [0.5, 0.6) is 0 Å². The number of benzene rings is 5. The summed E-state index contributed by atoms with van der Waals surface area (Å²) in [6.07, 6.45) is -28.2. The molecule has 5 aromatic carbocycles. The second-order valence-electron chi connectivity index (χ2n) is 26.6. The molecule has 0 saturated heterocycles. The molecule has 2 heterocycles. The van der Waals surface area contributed by atoms with E-state index in [9.17, 15) is 105 Å². The summed E-state index contributed by atoms with van der Waals surface area (Å²) in [7, 11) is 0. The average molecular weight is 1620 g/mol. The maximum atomic E-state index is 14.2. The van der Waals surface area contributed by atoms with Crippen LogP contribution in [0.3, 0.4) is 0 Å². The van der Waals surface area contributed by atoms with Crippen molar-refractivity contribution in [2.45, 2.75) is 159 Å². The molecule has 0 spiro atoms. The van der Waals surface area contributed by atoms with Crippen molar-refractivity contribution in [1.82, 2.24) is 4.90 Å². The second kappa shape index (κ2) is 30.0. The van der Waals surface area contributed by atoms with E-state index in [-0.39, 0.29) is 20.1 Å². The van der Waals surface area contributed by atoms with Crippen LogP contribution >= 0.6 is 0 Å². The van der Waals surface area contributed by atoms with Crippen LogP contribution in [0.15, 0.2) is 108 Å². The summed E-state index contributed by atoms with van der Waals surface area (Å²) < 4.78 is 347. The molecule has 547 valence electrons. The van der Waals surface area contributed by atoms with Crippen molar-refractivity contribution in [3.63, 3.8) is 0 Å². The van der Waals surface area contributed by atoms with Crippen LogP contribution < -0.4 is 26.8 Å². The van der Waals surface area contributed by atoms with E-state index in [1.807, 2.05) is 0 Å². The first kappa shape index (κ1) is 79.6. The Labute approximate surface area is 575 Å². The fourth-order valence-electron chi connectivity index (χ4n) is 14.7. The maximum absolute atomic E-state index is 14.2. The largest absolute Gasteiger partial charge is 0.478 e. The fraction of sp³-hybridized carbons (Fsp3) is 0.457. The Hall–Kier alpha value is -6.06. The van der Waals surface area contributed by atoms with Crippen molar-refractivity contribution in [2.24, 2.45) is 34.6 Å². The van der Waals surface area contributed by atoms with E-state index in [4.69, 9.17) is 9.73 Å². The zero-order chi connectivity index (χ0) is 73.0. The monoisotopic (exact) mass is 1620 g/mol. The number of anilines is 1. The number of para-hydroxylation sites is 1. The summed E-state index contributed by atoms with van der Waals surface area (Å²) in [6.45, 7) is 14.4. The van der Waals surface area contributed by atoms with Gasteiger partial charge in [0.2, 0.25) is 6.67 Å². The van der Waals surface area contributed by atoms with Gasteiger partial charge in [0.1, 0.15) is 12.8 Å². The molecular formula is C70H65BF24IrN3O-. The number of halogens is 24. The average Bonchev–Trinajstić information content (AvgIpc) is 0.818. The van der Waals surface area contributed by atoms with E-state index >= 15 is 0 Å². The Balaban J connectivity index is 0.000000246. The molecule has 1 atom stereocenters. The third-order valence-corrected chi connectivity index (χ3v) is 18.9. The van der Waals surface area contributed by atoms with Crippen LogP contribution in [-0.4, -0.2) is 36.1 Å². The Morgan fingerprint density at radius 1 is 0.440 bits per heavy atom. The summed E-state index contributed by atoms with van der Waals surface area (Å²) >= 11 is 0. The van der Waals surface area contributed by atoms with Crippen LogP contribution in [0.25, 0.3) is 0 Å². The van der Waals surface area contributed by atoms with Crippen molar-refractivity contribution < 1.29 is 130 Å². The van der Waals surface area contributed by atoms with Gasteiger partial charge in [-0.25, -0.2) is 4.99 Å². The number of alkyl halides is 24. The Morgan fingerprint density at radius 3 is 1.02 bits per heavy atom. The fourth-order valence-corrected chi connectivity index (χ4v) is 14.7. The predicted octanol–water partition coefficient (Wildman–Crippen LogP) is 20.4. The first-order valence-electron chi connectivity index (χ1n) is 31.7. The number of hydrogen-bond acceptors (Lipinski definition) is 4. The van der Waals surface area contributed by atoms with Gasteiger partial charge in [0, 0.05) is 45.0 Å². The SMILES string of the molecule is CC(C)c1cccc(C(C)C)c1N1[C]N(CC[C@@H]2COC(C3C4CC5CC(C4)CC3C5)=N2)C=C1.FC(F)(F)c1cc([B-](c2cc(C(F)(F)F)cc(C(F)(F)F)c2)(c2cc(C(F)(F)F)cc(C(F)(F)F)c2)c2cc(C(F)(F)F)cc(C(F)(F)F)c2)cc(C(F)(F)F)c1.[CH]1[CH]CC[CH][CH]CC1.[Ir]. The molecule has 0 amide bonds. The van der Waals surface area contributed by atoms with Gasteiger partial charge in [0.05, 0.1) is 56.2 Å². The van der Waals surface area contributed by atoms with Crippen LogP contribution in [0.4, 0.5) is 111 Å². The standard InChI is InChI=1S/C32H12BF24.C30H41N3O.C8H12.Ir/c34-25(35,36)13-1-14(26(37,38)39)6-21(5-13)33(22-7-15(27(40,41)42)2-16(8-22)28(43,44)45,23-9-17(29(46,47)48)3-18(10-23)30(49,50)51)24-11-19(31(52,53)54)4-20(12-24)32(55,56)57;1-19(2)26-6-5-7-27(20(3)4)29(26)33-11-10-32(18-33)9-8-25-17-34-30(31-25)28-23-13-21-12-22(15-23)16-24(28)14-21;1-2-4-6-8-7-5-3-1;/h1-12H;5-7,10-11,19-25,28H,8-9,12-17H2,1-4H3;1-2,7-8H,3-6H2;/q-1;;;/t;21?,22?,23?,24?,25-,28?;;/m.1../s1. The van der Waals surface area contributed by atoms with Gasteiger partial charge >= 0.3 is 49.4 Å². The van der Waals surface area contributed by atoms with Crippen LogP contribution in [0.2, 0.25) is 0 Å². The molecular weight excluding hydrogens is 1560 g/mol. The van der Waals surface area contributed by atoms with E-state index in [1.165, 1.54) is 74.6 Å². The summed E-state index contributed by atoms with van der Waals surface area (Å²) in [6, 6.07) is -1.79. The third kappa shape index (κ3) is 18.5. The molecule has 4 bridgehead atoms. The normalized spacial score (nSPS) is 21.6. The first-order valence-corrected chi connectivity index (χ1v) is 31.7. The number of rotatable bonds is 11. The first-order chi connectivity index (χ1) is 45.7. The van der Waals surface area contributed by atoms with Gasteiger partial charge in [-0.1, -0.05) is 94.4 Å². The van der Waals surface area contributed by atoms with E-state index in [0.29, 0.717) is 23.8 Å². The minimum Gasteiger partial charge on any atom is -0.478 e. The van der Waals surface area contributed by atoms with Crippen LogP contribution in [-0.2, 0) is 74.3 Å². The number of aliphatic imine (C=N–C) groups is 1. The molecule has 4 nitrogen and oxygen atoms in total. The summed E-state index contributed by atoms with van der Waals surface area (Å²) in [4.78, 5) is 9.56. The van der Waals surface area contributed by atoms with E-state index in [1.54, 1.807) is 0 Å². The van der Waals surface area contributed by atoms with Crippen molar-refractivity contribution in [3.05, 3.63) is 191 Å². The summed E-state index contributed by atoms with van der Waals surface area (Å²) in [5.41, 5.74) is -26.1. The van der Waals surface area contributed by atoms with Gasteiger partial charge in [0.15, 0.2) is 5.90 Å². The quantitative estimate of drug-likeness (QED) is 0.0975. The molecule has 5 saturated carbocycles. The minimum atomic E-state index is -6.13. The van der Waals surface area contributed by atoms with Crippen LogP contribution in [0.1, 0.15) is 159 Å². The zero-order valence-electron chi connectivity index (χ0n) is 53.5. The molecule has 0 aromatic heterocycles. The zero-order valence-corrected chi connectivity index (χ0v) is 55.9. The van der Waals surface area contributed by atoms with Gasteiger partial charge in [0.25, 0.3) is 0 Å². The van der Waals surface area contributed by atoms with Gasteiger partial charge < -0.3 is 14.5 Å². The third-order valence-electron chi connectivity index (χ3n) is 18.9. The van der Waals surface area contributed by atoms with E-state index < -0.39 is 195 Å². The second-order valence-corrected chi connectivity index (χ2v) is 26.6. The van der Waals surface area contributed by atoms with E-state index in [0.717, 1.165) is 49.1 Å². The van der Waals surface area contributed by atoms with Crippen molar-refractivity contribution in [2.75, 3.05) is 18.1 Å². The Morgan fingerprint density at radius 2 is 0.740 bits per heavy atom. The molecule has 12 rings (SSSR count). The minimum absolute atomic E-state index is 0. The molecule has 5 aromatic rings. The molecule has 100 heavy (non-hydrogen) atoms. The van der Waals surface area contributed by atoms with E-state index in [2.05, 4.69) is 100 Å². The number of hydrogen-bond donors (Lipinski definition) is 0. The predicted molar refractivity (Wildman–Crippen MR) is 324 cm³/mol.